The Morgan fingerprint density at radius 3 is 2.58 bits per heavy atom. The maximum absolute atomic E-state index is 14.9. The van der Waals surface area contributed by atoms with Gasteiger partial charge in [0.25, 0.3) is 5.91 Å². The Morgan fingerprint density at radius 2 is 1.77 bits per heavy atom. The van der Waals surface area contributed by atoms with E-state index in [1.807, 2.05) is 60.7 Å². The highest BCUT2D eigenvalue weighted by Crippen LogP contribution is 2.53. The average Bonchev–Trinajstić information content (AvgIpc) is 3.76. The molecule has 2 aromatic carbocycles. The average molecular weight is 727 g/mol. The number of likely N-dealkylation sites (tertiary alicyclic amines) is 1. The molecule has 1 aromatic heterocycles. The first-order chi connectivity index (χ1) is 25.9. The zero-order valence-electron chi connectivity index (χ0n) is 29.8. The second kappa shape index (κ2) is 16.0. The molecule has 2 N–H and O–H groups in total. The highest BCUT2D eigenvalue weighted by Gasteiger charge is 2.71. The van der Waals surface area contributed by atoms with Gasteiger partial charge >= 0.3 is 5.97 Å². The minimum absolute atomic E-state index is 0.0750. The lowest BCUT2D eigenvalue weighted by Gasteiger charge is -2.35. The summed E-state index contributed by atoms with van der Waals surface area (Å²) in [5.74, 6) is -3.73. The summed E-state index contributed by atoms with van der Waals surface area (Å²) in [6.07, 6.45) is 8.60. The van der Waals surface area contributed by atoms with Crippen LogP contribution in [0.1, 0.15) is 50.2 Å². The Labute approximate surface area is 307 Å². The van der Waals surface area contributed by atoms with Crippen molar-refractivity contribution in [2.75, 3.05) is 33.4 Å². The van der Waals surface area contributed by atoms with E-state index in [-0.39, 0.29) is 57.1 Å². The highest BCUT2D eigenvalue weighted by atomic mass is 16.6. The maximum atomic E-state index is 14.9. The Hall–Kier alpha value is -4.92. The van der Waals surface area contributed by atoms with E-state index in [1.54, 1.807) is 32.7 Å². The highest BCUT2D eigenvalue weighted by molar-refractivity contribution is 5.99. The molecule has 3 amide bonds. The van der Waals surface area contributed by atoms with Crippen molar-refractivity contribution in [2.45, 2.75) is 75.1 Å². The van der Waals surface area contributed by atoms with E-state index in [2.05, 4.69) is 15.6 Å². The number of nitrogens with one attached hydrogen (secondary N) is 1. The zero-order valence-corrected chi connectivity index (χ0v) is 29.8. The van der Waals surface area contributed by atoms with E-state index < -0.39 is 47.7 Å². The number of allylic oxidation sites excluding steroid dienone is 1. The van der Waals surface area contributed by atoms with Crippen molar-refractivity contribution in [3.8, 4) is 0 Å². The van der Waals surface area contributed by atoms with Gasteiger partial charge in [0.1, 0.15) is 35.9 Å². The standard InChI is InChI=1S/C39H46N6O8/c1-51-24-28-34(26-14-5-4-6-15-26)52-38(50)32-30(18-9-10-19-31(47)40-28)53-39-20-13-21-43(25-45-29-17-8-7-16-27(29)41-42-45)37(49)35(39)44(36(48)33(32)39)22-11-2-3-12-23-46/h4-9,13-18,20,28,30,32-35,46H,2-3,10-12,19,21-25H2,1H3,(H,40,47)/b18-9-/t28-,30-,32+,33+,34-,35-,39+/m1/s1. The first-order valence-corrected chi connectivity index (χ1v) is 18.4. The molecule has 2 fully saturated rings. The minimum atomic E-state index is -1.47. The fourth-order valence-electron chi connectivity index (χ4n) is 8.23. The summed E-state index contributed by atoms with van der Waals surface area (Å²) < 4.78 is 20.3. The maximum Gasteiger partial charge on any atom is 0.313 e. The number of fused-ring (bicyclic) bond motifs is 3. The number of hydrogen-bond donors (Lipinski definition) is 2. The number of para-hydroxylation sites is 1. The Balaban J connectivity index is 1.27. The van der Waals surface area contributed by atoms with Crippen LogP contribution in [-0.4, -0.2) is 111 Å². The number of nitrogens with zero attached hydrogens (tertiary/aromatic N) is 5. The third-order valence-corrected chi connectivity index (χ3v) is 10.7. The van der Waals surface area contributed by atoms with Crippen molar-refractivity contribution in [3.05, 3.63) is 84.5 Å². The largest absolute Gasteiger partial charge is 0.455 e. The van der Waals surface area contributed by atoms with Crippen LogP contribution >= 0.6 is 0 Å². The van der Waals surface area contributed by atoms with Gasteiger partial charge in [-0.15, -0.1) is 5.10 Å². The number of carbonyl (C=O) groups excluding carboxylic acids is 4. The van der Waals surface area contributed by atoms with E-state index >= 15 is 0 Å². The van der Waals surface area contributed by atoms with Crippen LogP contribution < -0.4 is 5.32 Å². The molecule has 4 aliphatic rings. The number of cyclic esters (lactones) is 1. The van der Waals surface area contributed by atoms with Crippen LogP contribution in [-0.2, 0) is 40.1 Å². The number of rotatable bonds is 11. The van der Waals surface area contributed by atoms with Crippen molar-refractivity contribution < 1.29 is 38.5 Å². The topological polar surface area (TPSA) is 165 Å². The van der Waals surface area contributed by atoms with E-state index in [9.17, 15) is 24.3 Å². The molecule has 3 aromatic rings. The lowest BCUT2D eigenvalue weighted by atomic mass is 9.77. The van der Waals surface area contributed by atoms with Crippen molar-refractivity contribution in [2.24, 2.45) is 11.8 Å². The number of benzene rings is 2. The summed E-state index contributed by atoms with van der Waals surface area (Å²) in [4.78, 5) is 60.6. The fraction of sp³-hybridized carbons (Fsp3) is 0.487. The van der Waals surface area contributed by atoms with Crippen molar-refractivity contribution in [3.63, 3.8) is 0 Å². The molecule has 0 unspecified atom stereocenters. The van der Waals surface area contributed by atoms with E-state index in [0.29, 0.717) is 30.3 Å². The molecular weight excluding hydrogens is 680 g/mol. The van der Waals surface area contributed by atoms with Crippen LogP contribution in [0.2, 0.25) is 0 Å². The third kappa shape index (κ3) is 7.10. The van der Waals surface area contributed by atoms with Crippen LogP contribution in [0.15, 0.2) is 78.9 Å². The monoisotopic (exact) mass is 726 g/mol. The number of ether oxygens (including phenoxy) is 3. The lowest BCUT2D eigenvalue weighted by Crippen LogP contribution is -2.55. The van der Waals surface area contributed by atoms with Crippen molar-refractivity contribution in [1.29, 1.82) is 0 Å². The third-order valence-electron chi connectivity index (χ3n) is 10.7. The number of carbonyl (C=O) groups is 4. The van der Waals surface area contributed by atoms with Crippen molar-refractivity contribution in [1.82, 2.24) is 30.1 Å². The Kier molecular flexibility index (Phi) is 11.0. The molecule has 5 heterocycles. The normalized spacial score (nSPS) is 29.5. The van der Waals surface area contributed by atoms with Gasteiger partial charge in [-0.2, -0.15) is 0 Å². The summed E-state index contributed by atoms with van der Waals surface area (Å²) in [6, 6.07) is 14.8. The lowest BCUT2D eigenvalue weighted by molar-refractivity contribution is -0.162. The predicted octanol–water partition coefficient (Wildman–Crippen LogP) is 2.69. The van der Waals surface area contributed by atoms with Gasteiger partial charge in [-0.1, -0.05) is 84.8 Å². The van der Waals surface area contributed by atoms with Crippen LogP contribution in [0, 0.1) is 11.8 Å². The molecule has 2 saturated heterocycles. The van der Waals surface area contributed by atoms with E-state index in [0.717, 1.165) is 18.4 Å². The summed E-state index contributed by atoms with van der Waals surface area (Å²) in [5, 5.41) is 20.9. The number of hydrogen-bond acceptors (Lipinski definition) is 10. The van der Waals surface area contributed by atoms with Gasteiger partial charge < -0.3 is 34.4 Å². The number of aromatic nitrogens is 3. The quantitative estimate of drug-likeness (QED) is 0.171. The SMILES string of the molecule is COC[C@H]1NC(=O)CC/C=C\[C@H]2O[C@]34C=CCN(Cn5nnc6ccccc65)C(=O)[C@H]3N(CCCCCCO)C(=O)[C@@H]4[C@H]2C(=O)O[C@@H]1c1ccccc1. The summed E-state index contributed by atoms with van der Waals surface area (Å²) in [5.41, 5.74) is 0.640. The molecular formula is C39H46N6O8. The molecule has 0 saturated carbocycles. The molecule has 0 bridgehead atoms. The van der Waals surface area contributed by atoms with Gasteiger partial charge in [0.15, 0.2) is 0 Å². The molecule has 280 valence electrons. The Morgan fingerprint density at radius 1 is 0.981 bits per heavy atom. The van der Waals surface area contributed by atoms with E-state index in [1.165, 1.54) is 7.11 Å². The molecule has 7 rings (SSSR count). The van der Waals surface area contributed by atoms with Gasteiger partial charge in [-0.3, -0.25) is 19.2 Å². The molecule has 0 radical (unpaired) electrons. The van der Waals surface area contributed by atoms with Gasteiger partial charge in [0.05, 0.1) is 30.2 Å². The smallest absolute Gasteiger partial charge is 0.313 e. The van der Waals surface area contributed by atoms with Gasteiger partial charge in [0, 0.05) is 33.2 Å². The number of unbranched alkanes of at least 4 members (excludes halogenated alkanes) is 3. The zero-order chi connectivity index (χ0) is 37.0. The minimum Gasteiger partial charge on any atom is -0.455 e. The predicted molar refractivity (Wildman–Crippen MR) is 191 cm³/mol. The number of esters is 1. The molecule has 0 aliphatic carbocycles. The summed E-state index contributed by atoms with van der Waals surface area (Å²) >= 11 is 0. The second-order valence-electron chi connectivity index (χ2n) is 14.1. The van der Waals surface area contributed by atoms with Gasteiger partial charge in [-0.05, 0) is 37.0 Å². The Bertz CT molecular complexity index is 1860. The van der Waals surface area contributed by atoms with Crippen LogP contribution in [0.3, 0.4) is 0 Å². The molecule has 14 heteroatoms. The molecule has 7 atom stereocenters. The number of aliphatic hydroxyl groups is 1. The number of amides is 3. The summed E-state index contributed by atoms with van der Waals surface area (Å²) in [7, 11) is 1.51. The molecule has 14 nitrogen and oxygen atoms in total. The first kappa shape index (κ1) is 36.4. The van der Waals surface area contributed by atoms with Gasteiger partial charge in [-0.25, -0.2) is 4.68 Å². The molecule has 53 heavy (non-hydrogen) atoms. The number of methoxy groups -OCH3 is 1. The fourth-order valence-corrected chi connectivity index (χ4v) is 8.23. The van der Waals surface area contributed by atoms with Gasteiger partial charge in [0.2, 0.25) is 11.8 Å². The van der Waals surface area contributed by atoms with Crippen molar-refractivity contribution >= 4 is 34.7 Å². The van der Waals surface area contributed by atoms with Crippen LogP contribution in [0.5, 0.6) is 0 Å². The first-order valence-electron chi connectivity index (χ1n) is 18.4. The van der Waals surface area contributed by atoms with Crippen LogP contribution in [0.25, 0.3) is 11.0 Å². The van der Waals surface area contributed by atoms with E-state index in [4.69, 9.17) is 14.2 Å². The molecule has 4 aliphatic heterocycles. The second-order valence-corrected chi connectivity index (χ2v) is 14.1. The van der Waals surface area contributed by atoms with Crippen LogP contribution in [0.4, 0.5) is 0 Å². The summed E-state index contributed by atoms with van der Waals surface area (Å²) in [6.45, 7) is 0.739. The number of aliphatic hydroxyl groups excluding tert-OH is 1. The molecule has 1 spiro atoms.